The predicted octanol–water partition coefficient (Wildman–Crippen LogP) is 3.74. The molecule has 4 rings (SSSR count). The Morgan fingerprint density at radius 1 is 1.14 bits per heavy atom. The number of amides is 1. The molecule has 0 radical (unpaired) electrons. The summed E-state index contributed by atoms with van der Waals surface area (Å²) in [6, 6.07) is 9.98. The fourth-order valence-corrected chi connectivity index (χ4v) is 3.88. The van der Waals surface area contributed by atoms with E-state index in [-0.39, 0.29) is 28.9 Å². The quantitative estimate of drug-likeness (QED) is 0.576. The van der Waals surface area contributed by atoms with Crippen molar-refractivity contribution < 1.29 is 23.9 Å². The number of benzene rings is 2. The molecule has 0 bridgehead atoms. The van der Waals surface area contributed by atoms with Gasteiger partial charge in [-0.15, -0.1) is 0 Å². The minimum Gasteiger partial charge on any atom is -0.490 e. The molecule has 2 aromatic rings. The van der Waals surface area contributed by atoms with E-state index in [0.717, 1.165) is 24.8 Å². The molecule has 0 unspecified atom stereocenters. The third-order valence-corrected chi connectivity index (χ3v) is 5.29. The van der Waals surface area contributed by atoms with E-state index in [0.29, 0.717) is 31.3 Å². The van der Waals surface area contributed by atoms with Gasteiger partial charge < -0.3 is 19.1 Å². The summed E-state index contributed by atoms with van der Waals surface area (Å²) in [6.45, 7) is 1.81. The van der Waals surface area contributed by atoms with Crippen molar-refractivity contribution in [2.45, 2.75) is 25.3 Å². The number of nitro benzene ring substituents is 1. The van der Waals surface area contributed by atoms with Gasteiger partial charge in [-0.3, -0.25) is 14.9 Å². The lowest BCUT2D eigenvalue weighted by Crippen LogP contribution is -2.30. The van der Waals surface area contributed by atoms with Crippen LogP contribution in [0.5, 0.6) is 17.2 Å². The average Bonchev–Trinajstić information content (AvgIpc) is 3.11. The number of methoxy groups -OCH3 is 1. The Morgan fingerprint density at radius 2 is 1.93 bits per heavy atom. The molecule has 2 aliphatic heterocycles. The SMILES string of the molecule is COc1ccc(C(=O)N2CCC[C@@H]2c2ccc3c(c2)OCCCO3)cc1[N+](=O)[O-]. The number of hydrogen-bond acceptors (Lipinski definition) is 6. The van der Waals surface area contributed by atoms with Crippen LogP contribution in [0.4, 0.5) is 5.69 Å². The second-order valence-corrected chi connectivity index (χ2v) is 7.06. The van der Waals surface area contributed by atoms with E-state index in [1.165, 1.54) is 19.2 Å². The van der Waals surface area contributed by atoms with Crippen molar-refractivity contribution in [2.24, 2.45) is 0 Å². The second-order valence-electron chi connectivity index (χ2n) is 7.06. The summed E-state index contributed by atoms with van der Waals surface area (Å²) in [7, 11) is 1.37. The molecule has 8 nitrogen and oxygen atoms in total. The van der Waals surface area contributed by atoms with Gasteiger partial charge in [0.15, 0.2) is 17.2 Å². The second kappa shape index (κ2) is 7.98. The number of nitrogens with zero attached hydrogens (tertiary/aromatic N) is 2. The first kappa shape index (κ1) is 19.0. The Kier molecular flexibility index (Phi) is 5.24. The smallest absolute Gasteiger partial charge is 0.311 e. The summed E-state index contributed by atoms with van der Waals surface area (Å²) in [6.07, 6.45) is 2.51. The molecule has 2 aliphatic rings. The molecule has 1 atom stereocenters. The van der Waals surface area contributed by atoms with E-state index in [9.17, 15) is 14.9 Å². The molecule has 0 saturated carbocycles. The Labute approximate surface area is 168 Å². The van der Waals surface area contributed by atoms with E-state index in [4.69, 9.17) is 14.2 Å². The van der Waals surface area contributed by atoms with Crippen LogP contribution in [0.2, 0.25) is 0 Å². The van der Waals surface area contributed by atoms with E-state index in [1.807, 2.05) is 18.2 Å². The maximum atomic E-state index is 13.2. The van der Waals surface area contributed by atoms with E-state index in [1.54, 1.807) is 11.0 Å². The molecule has 29 heavy (non-hydrogen) atoms. The van der Waals surface area contributed by atoms with Crippen LogP contribution in [0.1, 0.15) is 41.2 Å². The molecule has 0 spiro atoms. The van der Waals surface area contributed by atoms with Crippen LogP contribution in [0.3, 0.4) is 0 Å². The van der Waals surface area contributed by atoms with Crippen molar-refractivity contribution in [2.75, 3.05) is 26.9 Å². The molecule has 0 N–H and O–H groups in total. The van der Waals surface area contributed by atoms with Crippen molar-refractivity contribution in [3.05, 3.63) is 57.6 Å². The number of carbonyl (C=O) groups excluding carboxylic acids is 1. The van der Waals surface area contributed by atoms with E-state index < -0.39 is 4.92 Å². The average molecular weight is 398 g/mol. The third-order valence-electron chi connectivity index (χ3n) is 5.29. The molecule has 0 aromatic heterocycles. The standard InChI is InChI=1S/C21H22N2O6/c1-27-18-7-6-15(12-17(18)23(25)26)21(24)22-9-2-4-16(22)14-5-8-19-20(13-14)29-11-3-10-28-19/h5-8,12-13,16H,2-4,9-11H2,1H3/t16-/m1/s1. The lowest BCUT2D eigenvalue weighted by molar-refractivity contribution is -0.385. The molecular formula is C21H22N2O6. The predicted molar refractivity (Wildman–Crippen MR) is 105 cm³/mol. The number of nitro groups is 1. The molecule has 1 amide bonds. The van der Waals surface area contributed by atoms with Gasteiger partial charge in [-0.25, -0.2) is 0 Å². The molecular weight excluding hydrogens is 376 g/mol. The number of likely N-dealkylation sites (tertiary alicyclic amines) is 1. The molecule has 8 heteroatoms. The monoisotopic (exact) mass is 398 g/mol. The maximum Gasteiger partial charge on any atom is 0.311 e. The van der Waals surface area contributed by atoms with Crippen LogP contribution in [-0.4, -0.2) is 42.6 Å². The van der Waals surface area contributed by atoms with Crippen molar-refractivity contribution in [3.63, 3.8) is 0 Å². The molecule has 1 fully saturated rings. The lowest BCUT2D eigenvalue weighted by atomic mass is 10.0. The first-order chi connectivity index (χ1) is 14.1. The molecule has 2 aromatic carbocycles. The molecule has 2 heterocycles. The molecule has 0 aliphatic carbocycles. The van der Waals surface area contributed by atoms with Gasteiger partial charge in [0.25, 0.3) is 5.91 Å². The van der Waals surface area contributed by atoms with Crippen molar-refractivity contribution >= 4 is 11.6 Å². The van der Waals surface area contributed by atoms with Gasteiger partial charge >= 0.3 is 5.69 Å². The van der Waals surface area contributed by atoms with Crippen molar-refractivity contribution in [3.8, 4) is 17.2 Å². The van der Waals surface area contributed by atoms with Gasteiger partial charge in [-0.1, -0.05) is 6.07 Å². The summed E-state index contributed by atoms with van der Waals surface area (Å²) in [4.78, 5) is 25.7. The molecule has 152 valence electrons. The van der Waals surface area contributed by atoms with Gasteiger partial charge in [0.2, 0.25) is 0 Å². The van der Waals surface area contributed by atoms with Crippen LogP contribution in [0, 0.1) is 10.1 Å². The van der Waals surface area contributed by atoms with Crippen LogP contribution >= 0.6 is 0 Å². The largest absolute Gasteiger partial charge is 0.490 e. The highest BCUT2D eigenvalue weighted by Gasteiger charge is 2.32. The number of rotatable bonds is 4. The zero-order valence-corrected chi connectivity index (χ0v) is 16.1. The van der Waals surface area contributed by atoms with Crippen molar-refractivity contribution in [1.82, 2.24) is 4.90 Å². The van der Waals surface area contributed by atoms with Gasteiger partial charge in [0, 0.05) is 24.6 Å². The minimum absolute atomic E-state index is 0.110. The van der Waals surface area contributed by atoms with Crippen LogP contribution in [0.15, 0.2) is 36.4 Å². The Morgan fingerprint density at radius 3 is 2.69 bits per heavy atom. The van der Waals surface area contributed by atoms with Crippen LogP contribution in [0.25, 0.3) is 0 Å². The van der Waals surface area contributed by atoms with Crippen LogP contribution in [-0.2, 0) is 0 Å². The lowest BCUT2D eigenvalue weighted by Gasteiger charge is -2.26. The number of fused-ring (bicyclic) bond motifs is 1. The Bertz CT molecular complexity index is 945. The highest BCUT2D eigenvalue weighted by molar-refractivity contribution is 5.95. The molecule has 1 saturated heterocycles. The first-order valence-electron chi connectivity index (χ1n) is 9.61. The summed E-state index contributed by atoms with van der Waals surface area (Å²) in [5.74, 6) is 1.31. The zero-order chi connectivity index (χ0) is 20.4. The van der Waals surface area contributed by atoms with Crippen molar-refractivity contribution in [1.29, 1.82) is 0 Å². The topological polar surface area (TPSA) is 91.1 Å². The number of ether oxygens (including phenoxy) is 3. The summed E-state index contributed by atoms with van der Waals surface area (Å²) in [5.41, 5.74) is 1.03. The minimum atomic E-state index is -0.541. The van der Waals surface area contributed by atoms with Crippen LogP contribution < -0.4 is 14.2 Å². The maximum absolute atomic E-state index is 13.2. The normalized spacial score (nSPS) is 18.2. The van der Waals surface area contributed by atoms with Gasteiger partial charge in [-0.05, 0) is 42.7 Å². The Hall–Kier alpha value is -3.29. The summed E-state index contributed by atoms with van der Waals surface area (Å²) in [5, 5.41) is 11.3. The fourth-order valence-electron chi connectivity index (χ4n) is 3.88. The third kappa shape index (κ3) is 3.70. The van der Waals surface area contributed by atoms with E-state index >= 15 is 0 Å². The summed E-state index contributed by atoms with van der Waals surface area (Å²) >= 11 is 0. The highest BCUT2D eigenvalue weighted by Crippen LogP contribution is 2.39. The highest BCUT2D eigenvalue weighted by atomic mass is 16.6. The fraction of sp³-hybridized carbons (Fsp3) is 0.381. The van der Waals surface area contributed by atoms with Gasteiger partial charge in [0.05, 0.1) is 31.3 Å². The summed E-state index contributed by atoms with van der Waals surface area (Å²) < 4.78 is 16.5. The Balaban J connectivity index is 1.62. The van der Waals surface area contributed by atoms with Gasteiger partial charge in [0.1, 0.15) is 0 Å². The number of hydrogen-bond donors (Lipinski definition) is 0. The van der Waals surface area contributed by atoms with E-state index in [2.05, 4.69) is 0 Å². The number of carbonyl (C=O) groups is 1. The zero-order valence-electron chi connectivity index (χ0n) is 16.1. The van der Waals surface area contributed by atoms with Gasteiger partial charge in [-0.2, -0.15) is 0 Å². The first-order valence-corrected chi connectivity index (χ1v) is 9.61.